The molecular formula is C9H5I2N. The van der Waals surface area contributed by atoms with E-state index in [1.54, 1.807) is 0 Å². The lowest BCUT2D eigenvalue weighted by Crippen LogP contribution is -1.80. The van der Waals surface area contributed by atoms with E-state index < -0.39 is 0 Å². The summed E-state index contributed by atoms with van der Waals surface area (Å²) in [6.45, 7) is 0. The first-order valence-electron chi connectivity index (χ1n) is 3.46. The zero-order chi connectivity index (χ0) is 8.55. The Morgan fingerprint density at radius 3 is 2.67 bits per heavy atom. The van der Waals surface area contributed by atoms with Crippen molar-refractivity contribution >= 4 is 56.0 Å². The summed E-state index contributed by atoms with van der Waals surface area (Å²) in [6, 6.07) is 8.45. The van der Waals surface area contributed by atoms with Gasteiger partial charge >= 0.3 is 0 Å². The number of nitrogens with zero attached hydrogens (tertiary/aromatic N) is 1. The summed E-state index contributed by atoms with van der Waals surface area (Å²) < 4.78 is 2.31. The lowest BCUT2D eigenvalue weighted by molar-refractivity contribution is 1.30. The number of halogens is 2. The minimum atomic E-state index is 1.04. The summed E-state index contributed by atoms with van der Waals surface area (Å²) in [4.78, 5) is 4.22. The van der Waals surface area contributed by atoms with Gasteiger partial charge in [-0.15, -0.1) is 0 Å². The van der Waals surface area contributed by atoms with E-state index in [1.807, 2.05) is 6.20 Å². The van der Waals surface area contributed by atoms with Gasteiger partial charge in [-0.25, -0.2) is 4.98 Å². The van der Waals surface area contributed by atoms with Gasteiger partial charge in [-0.05, 0) is 68.8 Å². The van der Waals surface area contributed by atoms with Crippen LogP contribution in [0.5, 0.6) is 0 Å². The van der Waals surface area contributed by atoms with Crippen molar-refractivity contribution in [3.63, 3.8) is 0 Å². The fourth-order valence-electron chi connectivity index (χ4n) is 1.08. The van der Waals surface area contributed by atoms with Gasteiger partial charge in [-0.2, -0.15) is 0 Å². The predicted octanol–water partition coefficient (Wildman–Crippen LogP) is 3.44. The first-order chi connectivity index (χ1) is 5.75. The van der Waals surface area contributed by atoms with Crippen LogP contribution in [0.3, 0.4) is 0 Å². The van der Waals surface area contributed by atoms with Gasteiger partial charge in [0, 0.05) is 15.2 Å². The van der Waals surface area contributed by atoms with Crippen LogP contribution in [0.25, 0.3) is 10.8 Å². The molecule has 0 radical (unpaired) electrons. The normalized spacial score (nSPS) is 10.5. The molecule has 0 atom stereocenters. The summed E-state index contributed by atoms with van der Waals surface area (Å²) in [5, 5.41) is 2.47. The highest BCUT2D eigenvalue weighted by atomic mass is 127. The average Bonchev–Trinajstić information content (AvgIpc) is 2.03. The second kappa shape index (κ2) is 3.45. The zero-order valence-corrected chi connectivity index (χ0v) is 10.4. The van der Waals surface area contributed by atoms with Gasteiger partial charge in [0.1, 0.15) is 3.70 Å². The molecular weight excluding hydrogens is 376 g/mol. The highest BCUT2D eigenvalue weighted by Crippen LogP contribution is 2.17. The molecule has 2 aromatic rings. The molecule has 1 heterocycles. The first-order valence-corrected chi connectivity index (χ1v) is 5.62. The smallest absolute Gasteiger partial charge is 0.101 e. The largest absolute Gasteiger partial charge is 0.250 e. The lowest BCUT2D eigenvalue weighted by atomic mass is 10.2. The van der Waals surface area contributed by atoms with Crippen LogP contribution in [0.2, 0.25) is 0 Å². The van der Waals surface area contributed by atoms with Crippen molar-refractivity contribution in [2.75, 3.05) is 0 Å². The summed E-state index contributed by atoms with van der Waals surface area (Å²) in [7, 11) is 0. The fraction of sp³-hybridized carbons (Fsp3) is 0. The number of rotatable bonds is 0. The van der Waals surface area contributed by atoms with E-state index in [-0.39, 0.29) is 0 Å². The third-order valence-corrected chi connectivity index (χ3v) is 2.91. The summed E-state index contributed by atoms with van der Waals surface area (Å²) in [6.07, 6.45) is 1.91. The Balaban J connectivity index is 2.80. The van der Waals surface area contributed by atoms with Crippen LogP contribution < -0.4 is 0 Å². The maximum absolute atomic E-state index is 4.22. The predicted molar refractivity (Wildman–Crippen MR) is 67.2 cm³/mol. The van der Waals surface area contributed by atoms with Crippen LogP contribution in [0.4, 0.5) is 0 Å². The topological polar surface area (TPSA) is 12.9 Å². The number of hydrogen-bond acceptors (Lipinski definition) is 1. The van der Waals surface area contributed by atoms with Gasteiger partial charge in [0.05, 0.1) is 0 Å². The third kappa shape index (κ3) is 1.71. The molecule has 1 aromatic heterocycles. The Labute approximate surface area is 97.9 Å². The van der Waals surface area contributed by atoms with E-state index in [1.165, 1.54) is 14.3 Å². The molecule has 0 amide bonds. The van der Waals surface area contributed by atoms with Crippen molar-refractivity contribution in [1.29, 1.82) is 0 Å². The van der Waals surface area contributed by atoms with Crippen LogP contribution in [-0.4, -0.2) is 4.98 Å². The van der Waals surface area contributed by atoms with Crippen LogP contribution in [0.1, 0.15) is 0 Å². The van der Waals surface area contributed by atoms with Crippen LogP contribution in [-0.2, 0) is 0 Å². The van der Waals surface area contributed by atoms with Crippen LogP contribution >= 0.6 is 45.2 Å². The molecule has 0 aliphatic heterocycles. The minimum Gasteiger partial charge on any atom is -0.250 e. The molecule has 0 aliphatic carbocycles. The monoisotopic (exact) mass is 381 g/mol. The molecule has 0 unspecified atom stereocenters. The van der Waals surface area contributed by atoms with Crippen molar-refractivity contribution < 1.29 is 0 Å². The standard InChI is InChI=1S/C9H5I2N/c10-8-2-1-6-5-12-9(11)4-7(6)3-8/h1-5H. The maximum atomic E-state index is 4.22. The molecule has 0 bridgehead atoms. The Kier molecular flexibility index (Phi) is 2.49. The molecule has 0 spiro atoms. The van der Waals surface area contributed by atoms with Crippen molar-refractivity contribution in [1.82, 2.24) is 4.98 Å². The Morgan fingerprint density at radius 1 is 1.00 bits per heavy atom. The van der Waals surface area contributed by atoms with Crippen LogP contribution in [0, 0.1) is 7.27 Å². The molecule has 1 aromatic carbocycles. The molecule has 0 saturated carbocycles. The van der Waals surface area contributed by atoms with Gasteiger partial charge in [0.15, 0.2) is 0 Å². The molecule has 1 nitrogen and oxygen atoms in total. The highest BCUT2D eigenvalue weighted by molar-refractivity contribution is 14.1. The fourth-order valence-corrected chi connectivity index (χ4v) is 2.08. The average molecular weight is 381 g/mol. The van der Waals surface area contributed by atoms with E-state index in [9.17, 15) is 0 Å². The third-order valence-electron chi connectivity index (χ3n) is 1.65. The zero-order valence-electron chi connectivity index (χ0n) is 6.09. The Hall–Kier alpha value is 0.0900. The van der Waals surface area contributed by atoms with Crippen molar-refractivity contribution in [2.45, 2.75) is 0 Å². The van der Waals surface area contributed by atoms with E-state index in [4.69, 9.17) is 0 Å². The van der Waals surface area contributed by atoms with Crippen LogP contribution in [0.15, 0.2) is 30.5 Å². The molecule has 0 N–H and O–H groups in total. The van der Waals surface area contributed by atoms with Gasteiger partial charge < -0.3 is 0 Å². The molecule has 3 heteroatoms. The summed E-state index contributed by atoms with van der Waals surface area (Å²) in [5.74, 6) is 0. The molecule has 0 aliphatic rings. The van der Waals surface area contributed by atoms with Gasteiger partial charge in [-0.3, -0.25) is 0 Å². The maximum Gasteiger partial charge on any atom is 0.101 e. The number of benzene rings is 1. The molecule has 60 valence electrons. The van der Waals surface area contributed by atoms with Gasteiger partial charge in [0.2, 0.25) is 0 Å². The molecule has 0 saturated heterocycles. The number of hydrogen-bond donors (Lipinski definition) is 0. The molecule has 0 fully saturated rings. The number of pyridine rings is 1. The summed E-state index contributed by atoms with van der Waals surface area (Å²) >= 11 is 4.54. The Bertz CT molecular complexity index is 389. The molecule has 12 heavy (non-hydrogen) atoms. The van der Waals surface area contributed by atoms with Gasteiger partial charge in [-0.1, -0.05) is 6.07 Å². The summed E-state index contributed by atoms with van der Waals surface area (Å²) in [5.41, 5.74) is 0. The SMILES string of the molecule is Ic1ccc2cnc(I)cc2c1. The van der Waals surface area contributed by atoms with E-state index in [2.05, 4.69) is 74.4 Å². The molecule has 2 rings (SSSR count). The lowest BCUT2D eigenvalue weighted by Gasteiger charge is -1.97. The Morgan fingerprint density at radius 2 is 1.83 bits per heavy atom. The quantitative estimate of drug-likeness (QED) is 0.504. The van der Waals surface area contributed by atoms with Crippen molar-refractivity contribution in [3.8, 4) is 0 Å². The number of aromatic nitrogens is 1. The van der Waals surface area contributed by atoms with Gasteiger partial charge in [0.25, 0.3) is 0 Å². The van der Waals surface area contributed by atoms with Crippen molar-refractivity contribution in [2.24, 2.45) is 0 Å². The van der Waals surface area contributed by atoms with E-state index in [0.29, 0.717) is 0 Å². The first kappa shape index (κ1) is 8.68. The second-order valence-electron chi connectivity index (χ2n) is 2.50. The number of fused-ring (bicyclic) bond motifs is 1. The second-order valence-corrected chi connectivity index (χ2v) is 4.85. The minimum absolute atomic E-state index is 1.04. The van der Waals surface area contributed by atoms with Crippen molar-refractivity contribution in [3.05, 3.63) is 37.7 Å². The van der Waals surface area contributed by atoms with E-state index >= 15 is 0 Å². The van der Waals surface area contributed by atoms with E-state index in [0.717, 1.165) is 3.70 Å². The highest BCUT2D eigenvalue weighted by Gasteiger charge is 1.95.